The maximum atomic E-state index is 11.9. The minimum atomic E-state index is -0.0214. The predicted octanol–water partition coefficient (Wildman–Crippen LogP) is 3.82. The van der Waals surface area contributed by atoms with Crippen molar-refractivity contribution in [1.29, 1.82) is 0 Å². The minimum Gasteiger partial charge on any atom is -0.497 e. The average molecular weight is 347 g/mol. The molecule has 0 bridgehead atoms. The van der Waals surface area contributed by atoms with Crippen LogP contribution in [0.5, 0.6) is 5.75 Å². The van der Waals surface area contributed by atoms with Crippen LogP contribution in [0.4, 0.5) is 5.69 Å². The van der Waals surface area contributed by atoms with Crippen molar-refractivity contribution in [3.63, 3.8) is 0 Å². The van der Waals surface area contributed by atoms with E-state index < -0.39 is 0 Å². The highest BCUT2D eigenvalue weighted by molar-refractivity contribution is 6.31. The number of carbonyl (C=O) groups excluding carboxylic acids is 1. The summed E-state index contributed by atoms with van der Waals surface area (Å²) in [4.78, 5) is 11.9. The second kappa shape index (κ2) is 9.30. The number of methoxy groups -OCH3 is 1. The first-order valence-corrected chi connectivity index (χ1v) is 8.36. The molecule has 0 heterocycles. The summed E-state index contributed by atoms with van der Waals surface area (Å²) in [7, 11) is 1.66. The van der Waals surface area contributed by atoms with Gasteiger partial charge in [0.1, 0.15) is 5.75 Å². The number of carbonyl (C=O) groups is 1. The van der Waals surface area contributed by atoms with Crippen LogP contribution in [0.1, 0.15) is 17.5 Å². The second-order valence-corrected chi connectivity index (χ2v) is 6.02. The zero-order chi connectivity index (χ0) is 17.4. The number of nitrogens with one attached hydrogen (secondary N) is 2. The van der Waals surface area contributed by atoms with Gasteiger partial charge in [-0.3, -0.25) is 4.79 Å². The van der Waals surface area contributed by atoms with Crippen molar-refractivity contribution in [3.05, 3.63) is 58.6 Å². The molecular formula is C19H23ClN2O2. The Hall–Kier alpha value is -2.04. The summed E-state index contributed by atoms with van der Waals surface area (Å²) < 4.78 is 5.13. The van der Waals surface area contributed by atoms with Crippen LogP contribution < -0.4 is 15.4 Å². The molecule has 0 radical (unpaired) electrons. The van der Waals surface area contributed by atoms with Gasteiger partial charge in [-0.15, -0.1) is 0 Å². The molecule has 0 fully saturated rings. The smallest absolute Gasteiger partial charge is 0.225 e. The van der Waals surface area contributed by atoms with Gasteiger partial charge < -0.3 is 15.4 Å². The van der Waals surface area contributed by atoms with Crippen LogP contribution in [-0.4, -0.2) is 26.1 Å². The van der Waals surface area contributed by atoms with Gasteiger partial charge >= 0.3 is 0 Å². The normalized spacial score (nSPS) is 10.5. The first-order chi connectivity index (χ1) is 11.6. The lowest BCUT2D eigenvalue weighted by Gasteiger charge is -2.08. The number of anilines is 1. The number of hydrogen-bond donors (Lipinski definition) is 2. The van der Waals surface area contributed by atoms with Crippen LogP contribution in [0.15, 0.2) is 42.5 Å². The van der Waals surface area contributed by atoms with Gasteiger partial charge in [0, 0.05) is 23.7 Å². The molecule has 0 saturated carbocycles. The molecule has 0 aliphatic rings. The van der Waals surface area contributed by atoms with Crippen LogP contribution in [0.2, 0.25) is 5.02 Å². The van der Waals surface area contributed by atoms with Crippen molar-refractivity contribution in [2.45, 2.75) is 19.8 Å². The molecule has 2 aromatic carbocycles. The molecule has 1 amide bonds. The summed E-state index contributed by atoms with van der Waals surface area (Å²) in [6.45, 7) is 3.40. The van der Waals surface area contributed by atoms with Gasteiger partial charge in [-0.25, -0.2) is 0 Å². The third-order valence-electron chi connectivity index (χ3n) is 3.73. The Morgan fingerprint density at radius 2 is 1.88 bits per heavy atom. The Bertz CT molecular complexity index is 672. The molecule has 2 aromatic rings. The molecule has 24 heavy (non-hydrogen) atoms. The predicted molar refractivity (Wildman–Crippen MR) is 99.0 cm³/mol. The first kappa shape index (κ1) is 18.3. The van der Waals surface area contributed by atoms with E-state index in [4.69, 9.17) is 16.3 Å². The molecule has 2 rings (SSSR count). The SMILES string of the molecule is COc1ccc(CCNCCC(=O)Nc2ccc(C)c(Cl)c2)cc1. The number of halogens is 1. The number of rotatable bonds is 8. The van der Waals surface area contributed by atoms with Crippen LogP contribution in [0, 0.1) is 6.92 Å². The minimum absolute atomic E-state index is 0.0214. The maximum absolute atomic E-state index is 11.9. The second-order valence-electron chi connectivity index (χ2n) is 5.61. The van der Waals surface area contributed by atoms with E-state index in [-0.39, 0.29) is 5.91 Å². The first-order valence-electron chi connectivity index (χ1n) is 7.98. The van der Waals surface area contributed by atoms with Crippen molar-refractivity contribution in [2.75, 3.05) is 25.5 Å². The fourth-order valence-corrected chi connectivity index (χ4v) is 2.43. The standard InChI is InChI=1S/C19H23ClN2O2/c1-14-3-6-16(13-18(14)20)22-19(23)10-12-21-11-9-15-4-7-17(24-2)8-5-15/h3-8,13,21H,9-12H2,1-2H3,(H,22,23). The van der Waals surface area contributed by atoms with E-state index in [9.17, 15) is 4.79 Å². The molecule has 128 valence electrons. The van der Waals surface area contributed by atoms with E-state index in [1.54, 1.807) is 13.2 Å². The van der Waals surface area contributed by atoms with Gasteiger partial charge in [-0.1, -0.05) is 29.8 Å². The Morgan fingerprint density at radius 3 is 2.54 bits per heavy atom. The third kappa shape index (κ3) is 5.87. The van der Waals surface area contributed by atoms with Crippen molar-refractivity contribution in [3.8, 4) is 5.75 Å². The lowest BCUT2D eigenvalue weighted by Crippen LogP contribution is -2.23. The van der Waals surface area contributed by atoms with Crippen molar-refractivity contribution in [2.24, 2.45) is 0 Å². The van der Waals surface area contributed by atoms with Gasteiger partial charge in [-0.05, 0) is 55.3 Å². The summed E-state index contributed by atoms with van der Waals surface area (Å²) in [5, 5.41) is 6.79. The van der Waals surface area contributed by atoms with Crippen molar-refractivity contribution >= 4 is 23.2 Å². The molecule has 0 atom stereocenters. The largest absolute Gasteiger partial charge is 0.497 e. The summed E-state index contributed by atoms with van der Waals surface area (Å²) in [5.41, 5.74) is 2.96. The van der Waals surface area contributed by atoms with Crippen LogP contribution >= 0.6 is 11.6 Å². The third-order valence-corrected chi connectivity index (χ3v) is 4.14. The van der Waals surface area contributed by atoms with Gasteiger partial charge in [0.15, 0.2) is 0 Å². The summed E-state index contributed by atoms with van der Waals surface area (Å²) in [5.74, 6) is 0.839. The van der Waals surface area contributed by atoms with E-state index in [0.717, 1.165) is 30.0 Å². The number of hydrogen-bond acceptors (Lipinski definition) is 3. The lowest BCUT2D eigenvalue weighted by molar-refractivity contribution is -0.116. The lowest BCUT2D eigenvalue weighted by atomic mass is 10.1. The van der Waals surface area contributed by atoms with E-state index in [2.05, 4.69) is 10.6 Å². The van der Waals surface area contributed by atoms with Gasteiger partial charge in [0.05, 0.1) is 7.11 Å². The zero-order valence-corrected chi connectivity index (χ0v) is 14.8. The van der Waals surface area contributed by atoms with Crippen LogP contribution in [0.25, 0.3) is 0 Å². The van der Waals surface area contributed by atoms with Crippen molar-refractivity contribution < 1.29 is 9.53 Å². The quantitative estimate of drug-likeness (QED) is 0.714. The Labute approximate surface area is 148 Å². The molecule has 0 aromatic heterocycles. The van der Waals surface area contributed by atoms with Gasteiger partial charge in [0.2, 0.25) is 5.91 Å². The Balaban J connectivity index is 1.64. The van der Waals surface area contributed by atoms with Gasteiger partial charge in [-0.2, -0.15) is 0 Å². The Kier molecular flexibility index (Phi) is 7.09. The topological polar surface area (TPSA) is 50.4 Å². The highest BCUT2D eigenvalue weighted by Gasteiger charge is 2.04. The number of amides is 1. The van der Waals surface area contributed by atoms with Crippen LogP contribution in [-0.2, 0) is 11.2 Å². The molecular weight excluding hydrogens is 324 g/mol. The number of ether oxygens (including phenoxy) is 1. The fraction of sp³-hybridized carbons (Fsp3) is 0.316. The van der Waals surface area contributed by atoms with Gasteiger partial charge in [0.25, 0.3) is 0 Å². The molecule has 5 heteroatoms. The molecule has 2 N–H and O–H groups in total. The van der Waals surface area contributed by atoms with E-state index >= 15 is 0 Å². The monoisotopic (exact) mass is 346 g/mol. The summed E-state index contributed by atoms with van der Waals surface area (Å²) in [6, 6.07) is 13.5. The fourth-order valence-electron chi connectivity index (χ4n) is 2.25. The highest BCUT2D eigenvalue weighted by atomic mass is 35.5. The number of benzene rings is 2. The van der Waals surface area contributed by atoms with Crippen LogP contribution in [0.3, 0.4) is 0 Å². The van der Waals surface area contributed by atoms with E-state index in [1.165, 1.54) is 5.56 Å². The van der Waals surface area contributed by atoms with E-state index in [1.807, 2.05) is 43.3 Å². The molecule has 0 spiro atoms. The maximum Gasteiger partial charge on any atom is 0.225 e. The van der Waals surface area contributed by atoms with Crippen molar-refractivity contribution in [1.82, 2.24) is 5.32 Å². The molecule has 0 aliphatic heterocycles. The molecule has 4 nitrogen and oxygen atoms in total. The molecule has 0 aliphatic carbocycles. The molecule has 0 saturated heterocycles. The van der Waals surface area contributed by atoms with E-state index in [0.29, 0.717) is 18.0 Å². The zero-order valence-electron chi connectivity index (χ0n) is 14.1. The summed E-state index contributed by atoms with van der Waals surface area (Å²) in [6.07, 6.45) is 1.34. The highest BCUT2D eigenvalue weighted by Crippen LogP contribution is 2.19. The average Bonchev–Trinajstić information content (AvgIpc) is 2.58. The Morgan fingerprint density at radius 1 is 1.12 bits per heavy atom. The molecule has 0 unspecified atom stereocenters. The summed E-state index contributed by atoms with van der Waals surface area (Å²) >= 11 is 6.05. The number of aryl methyl sites for hydroxylation is 1.